The summed E-state index contributed by atoms with van der Waals surface area (Å²) in [4.78, 5) is 0. The van der Waals surface area contributed by atoms with Crippen molar-refractivity contribution in [2.24, 2.45) is 10.8 Å². The molecular weight excluding hydrogens is 206 g/mol. The van der Waals surface area contributed by atoms with Crippen LogP contribution in [0.2, 0.25) is 0 Å². The highest BCUT2D eigenvalue weighted by atomic mass is 32.1. The Balaban J connectivity index is 2.92. The van der Waals surface area contributed by atoms with E-state index in [1.54, 1.807) is 6.21 Å². The maximum atomic E-state index is 5.27. The van der Waals surface area contributed by atoms with E-state index in [0.29, 0.717) is 0 Å². The minimum absolute atomic E-state index is 0.179. The molecule has 1 aromatic rings. The highest BCUT2D eigenvalue weighted by Gasteiger charge is 2.00. The Morgan fingerprint density at radius 1 is 1.60 bits per heavy atom. The maximum absolute atomic E-state index is 5.27. The maximum Gasteiger partial charge on any atom is 0.184 e. The highest BCUT2D eigenvalue weighted by Crippen LogP contribution is 2.12. The molecule has 4 heteroatoms. The van der Waals surface area contributed by atoms with Crippen molar-refractivity contribution in [1.82, 2.24) is 5.43 Å². The first-order valence-corrected chi connectivity index (χ1v) is 5.23. The van der Waals surface area contributed by atoms with Gasteiger partial charge in [-0.25, -0.2) is 0 Å². The molecule has 1 aromatic carbocycles. The SMILES string of the molecule is CCc1cccc(C)c1C=NNC(N)=S. The zero-order valence-electron chi connectivity index (χ0n) is 8.95. The number of hydrogen-bond acceptors (Lipinski definition) is 2. The van der Waals surface area contributed by atoms with Crippen molar-refractivity contribution in [3.05, 3.63) is 34.9 Å². The van der Waals surface area contributed by atoms with Crippen molar-refractivity contribution in [2.75, 3.05) is 0 Å². The minimum Gasteiger partial charge on any atom is -0.375 e. The number of aryl methyl sites for hydroxylation is 2. The summed E-state index contributed by atoms with van der Waals surface area (Å²) in [6.45, 7) is 4.17. The average Bonchev–Trinajstić information content (AvgIpc) is 2.20. The van der Waals surface area contributed by atoms with E-state index >= 15 is 0 Å². The number of nitrogens with two attached hydrogens (primary N) is 1. The Kier molecular flexibility index (Phi) is 4.24. The third-order valence-electron chi connectivity index (χ3n) is 2.16. The zero-order valence-corrected chi connectivity index (χ0v) is 9.77. The molecule has 0 aliphatic carbocycles. The van der Waals surface area contributed by atoms with E-state index in [-0.39, 0.29) is 5.11 Å². The highest BCUT2D eigenvalue weighted by molar-refractivity contribution is 7.80. The van der Waals surface area contributed by atoms with E-state index < -0.39 is 0 Å². The van der Waals surface area contributed by atoms with Gasteiger partial charge in [-0.1, -0.05) is 25.1 Å². The molecule has 0 aliphatic rings. The van der Waals surface area contributed by atoms with Crippen LogP contribution in [0.3, 0.4) is 0 Å². The van der Waals surface area contributed by atoms with E-state index in [2.05, 4.69) is 48.7 Å². The standard InChI is InChI=1S/C11H15N3S/c1-3-9-6-4-5-8(2)10(9)7-13-14-11(12)15/h4-7H,3H2,1-2H3,(H3,12,14,15). The van der Waals surface area contributed by atoms with Crippen molar-refractivity contribution in [2.45, 2.75) is 20.3 Å². The molecule has 0 spiro atoms. The van der Waals surface area contributed by atoms with Crippen LogP contribution in [0.1, 0.15) is 23.6 Å². The molecule has 3 N–H and O–H groups in total. The molecule has 0 saturated carbocycles. The summed E-state index contributed by atoms with van der Waals surface area (Å²) >= 11 is 4.66. The third-order valence-corrected chi connectivity index (χ3v) is 2.26. The van der Waals surface area contributed by atoms with Crippen LogP contribution in [0.25, 0.3) is 0 Å². The predicted molar refractivity (Wildman–Crippen MR) is 68.1 cm³/mol. The van der Waals surface area contributed by atoms with Crippen LogP contribution >= 0.6 is 12.2 Å². The topological polar surface area (TPSA) is 50.4 Å². The Labute approximate surface area is 95.4 Å². The summed E-state index contributed by atoms with van der Waals surface area (Å²) in [5.74, 6) is 0. The second-order valence-corrected chi connectivity index (χ2v) is 3.68. The monoisotopic (exact) mass is 221 g/mol. The lowest BCUT2D eigenvalue weighted by atomic mass is 10.0. The van der Waals surface area contributed by atoms with Crippen LogP contribution in [-0.4, -0.2) is 11.3 Å². The van der Waals surface area contributed by atoms with Crippen LogP contribution < -0.4 is 11.2 Å². The number of thiocarbonyl (C=S) groups is 1. The molecule has 3 nitrogen and oxygen atoms in total. The molecule has 0 unspecified atom stereocenters. The molecule has 0 heterocycles. The molecule has 0 saturated heterocycles. The first-order valence-electron chi connectivity index (χ1n) is 4.82. The van der Waals surface area contributed by atoms with Crippen LogP contribution in [0.15, 0.2) is 23.3 Å². The summed E-state index contributed by atoms with van der Waals surface area (Å²) in [5.41, 5.74) is 11.4. The van der Waals surface area contributed by atoms with Crippen molar-refractivity contribution in [1.29, 1.82) is 0 Å². The molecule has 0 radical (unpaired) electrons. The fraction of sp³-hybridized carbons (Fsp3) is 0.273. The van der Waals surface area contributed by atoms with E-state index in [0.717, 1.165) is 12.0 Å². The number of hydrazone groups is 1. The van der Waals surface area contributed by atoms with Crippen molar-refractivity contribution < 1.29 is 0 Å². The van der Waals surface area contributed by atoms with E-state index in [1.807, 2.05) is 6.07 Å². The fourth-order valence-electron chi connectivity index (χ4n) is 1.39. The molecule has 1 rings (SSSR count). The molecule has 15 heavy (non-hydrogen) atoms. The Morgan fingerprint density at radius 2 is 2.33 bits per heavy atom. The summed E-state index contributed by atoms with van der Waals surface area (Å²) in [6, 6.07) is 6.20. The summed E-state index contributed by atoms with van der Waals surface area (Å²) in [7, 11) is 0. The van der Waals surface area contributed by atoms with E-state index in [1.165, 1.54) is 11.1 Å². The summed E-state index contributed by atoms with van der Waals surface area (Å²) in [5, 5.41) is 4.15. The van der Waals surface area contributed by atoms with Gasteiger partial charge in [0, 0.05) is 5.56 Å². The van der Waals surface area contributed by atoms with Gasteiger partial charge in [-0.3, -0.25) is 5.43 Å². The lowest BCUT2D eigenvalue weighted by Gasteiger charge is -2.06. The number of rotatable bonds is 3. The lowest BCUT2D eigenvalue weighted by Crippen LogP contribution is -2.24. The number of nitrogens with zero attached hydrogens (tertiary/aromatic N) is 1. The van der Waals surface area contributed by atoms with Crippen LogP contribution in [-0.2, 0) is 6.42 Å². The normalized spacial score (nSPS) is 10.5. The Bertz CT molecular complexity index is 385. The van der Waals surface area contributed by atoms with Crippen LogP contribution in [0.5, 0.6) is 0 Å². The van der Waals surface area contributed by atoms with Crippen molar-refractivity contribution in [3.63, 3.8) is 0 Å². The second kappa shape index (κ2) is 5.46. The van der Waals surface area contributed by atoms with Gasteiger partial charge in [-0.2, -0.15) is 5.10 Å². The van der Waals surface area contributed by atoms with Crippen LogP contribution in [0.4, 0.5) is 0 Å². The molecular formula is C11H15N3S. The summed E-state index contributed by atoms with van der Waals surface area (Å²) < 4.78 is 0. The first-order chi connectivity index (χ1) is 7.15. The molecule has 0 atom stereocenters. The zero-order chi connectivity index (χ0) is 11.3. The predicted octanol–water partition coefficient (Wildman–Crippen LogP) is 1.72. The molecule has 0 aromatic heterocycles. The molecule has 80 valence electrons. The molecule has 0 aliphatic heterocycles. The van der Waals surface area contributed by atoms with Gasteiger partial charge in [0.2, 0.25) is 0 Å². The number of nitrogens with one attached hydrogen (secondary N) is 1. The average molecular weight is 221 g/mol. The summed E-state index contributed by atoms with van der Waals surface area (Å²) in [6.07, 6.45) is 2.74. The Morgan fingerprint density at radius 3 is 2.93 bits per heavy atom. The number of benzene rings is 1. The van der Waals surface area contributed by atoms with Gasteiger partial charge in [0.05, 0.1) is 6.21 Å². The van der Waals surface area contributed by atoms with E-state index in [9.17, 15) is 0 Å². The van der Waals surface area contributed by atoms with Crippen molar-refractivity contribution >= 4 is 23.5 Å². The Hall–Kier alpha value is -1.42. The molecule has 0 amide bonds. The smallest absolute Gasteiger partial charge is 0.184 e. The lowest BCUT2D eigenvalue weighted by molar-refractivity contribution is 1.04. The first kappa shape index (κ1) is 11.7. The van der Waals surface area contributed by atoms with Gasteiger partial charge in [0.15, 0.2) is 5.11 Å². The van der Waals surface area contributed by atoms with Gasteiger partial charge >= 0.3 is 0 Å². The molecule has 0 bridgehead atoms. The minimum atomic E-state index is 0.179. The van der Waals surface area contributed by atoms with Gasteiger partial charge in [0.1, 0.15) is 0 Å². The quantitative estimate of drug-likeness (QED) is 0.464. The number of hydrogen-bond donors (Lipinski definition) is 2. The van der Waals surface area contributed by atoms with Gasteiger partial charge in [0.25, 0.3) is 0 Å². The fourth-order valence-corrected chi connectivity index (χ4v) is 1.45. The van der Waals surface area contributed by atoms with Crippen molar-refractivity contribution in [3.8, 4) is 0 Å². The third kappa shape index (κ3) is 3.32. The van der Waals surface area contributed by atoms with Gasteiger partial charge in [-0.05, 0) is 36.7 Å². The van der Waals surface area contributed by atoms with Gasteiger partial charge in [-0.15, -0.1) is 0 Å². The second-order valence-electron chi connectivity index (χ2n) is 3.24. The van der Waals surface area contributed by atoms with Gasteiger partial charge < -0.3 is 5.73 Å². The largest absolute Gasteiger partial charge is 0.375 e. The molecule has 0 fully saturated rings. The van der Waals surface area contributed by atoms with Crippen LogP contribution in [0, 0.1) is 6.92 Å². The van der Waals surface area contributed by atoms with E-state index in [4.69, 9.17) is 5.73 Å².